The van der Waals surface area contributed by atoms with Crippen molar-refractivity contribution in [3.05, 3.63) is 24.3 Å². The number of anilines is 1. The largest absolute Gasteiger partial charge is 0.490 e. The van der Waals surface area contributed by atoms with Gasteiger partial charge in [0.25, 0.3) is 5.91 Å². The van der Waals surface area contributed by atoms with Crippen molar-refractivity contribution in [2.45, 2.75) is 57.2 Å². The lowest BCUT2D eigenvalue weighted by atomic mass is 9.99. The van der Waals surface area contributed by atoms with E-state index in [2.05, 4.69) is 5.32 Å². The van der Waals surface area contributed by atoms with Crippen molar-refractivity contribution in [2.24, 2.45) is 5.92 Å². The Hall–Kier alpha value is -1.55. The Morgan fingerprint density at radius 2 is 1.77 bits per heavy atom. The van der Waals surface area contributed by atoms with Gasteiger partial charge in [-0.2, -0.15) is 0 Å². The molecule has 2 aliphatic carbocycles. The van der Waals surface area contributed by atoms with Gasteiger partial charge in [-0.25, -0.2) is 0 Å². The molecule has 1 atom stereocenters. The zero-order valence-electron chi connectivity index (χ0n) is 13.4. The number of rotatable bonds is 6. The highest BCUT2D eigenvalue weighted by Crippen LogP contribution is 2.42. The van der Waals surface area contributed by atoms with Crippen LogP contribution in [0, 0.1) is 5.92 Å². The Morgan fingerprint density at radius 1 is 1.14 bits per heavy atom. The van der Waals surface area contributed by atoms with Gasteiger partial charge < -0.3 is 14.8 Å². The van der Waals surface area contributed by atoms with Gasteiger partial charge in [-0.1, -0.05) is 0 Å². The van der Waals surface area contributed by atoms with Gasteiger partial charge in [0.15, 0.2) is 0 Å². The van der Waals surface area contributed by atoms with Crippen LogP contribution in [0.25, 0.3) is 0 Å². The molecule has 1 unspecified atom stereocenters. The summed E-state index contributed by atoms with van der Waals surface area (Å²) in [6.07, 6.45) is 7.29. The van der Waals surface area contributed by atoms with Crippen molar-refractivity contribution >= 4 is 11.6 Å². The maximum Gasteiger partial charge on any atom is 0.256 e. The molecule has 0 aromatic heterocycles. The number of amides is 1. The molecule has 1 N–H and O–H groups in total. The summed E-state index contributed by atoms with van der Waals surface area (Å²) in [6.45, 7) is 1.87. The van der Waals surface area contributed by atoms with E-state index in [9.17, 15) is 4.79 Å². The maximum atomic E-state index is 12.4. The van der Waals surface area contributed by atoms with E-state index in [0.717, 1.165) is 37.1 Å². The number of methoxy groups -OCH3 is 1. The smallest absolute Gasteiger partial charge is 0.256 e. The summed E-state index contributed by atoms with van der Waals surface area (Å²) in [5.41, 5.74) is 0.0617. The van der Waals surface area contributed by atoms with Crippen LogP contribution in [0.15, 0.2) is 24.3 Å². The molecule has 0 spiro atoms. The Balaban J connectivity index is 1.59. The van der Waals surface area contributed by atoms with Crippen LogP contribution in [0.2, 0.25) is 0 Å². The first-order chi connectivity index (χ1) is 10.6. The summed E-state index contributed by atoms with van der Waals surface area (Å²) >= 11 is 0. The topological polar surface area (TPSA) is 47.6 Å². The molecule has 2 aliphatic rings. The van der Waals surface area contributed by atoms with E-state index < -0.39 is 5.60 Å². The highest BCUT2D eigenvalue weighted by atomic mass is 16.5. The van der Waals surface area contributed by atoms with E-state index in [1.165, 1.54) is 12.8 Å². The van der Waals surface area contributed by atoms with Crippen LogP contribution >= 0.6 is 0 Å². The van der Waals surface area contributed by atoms with E-state index in [4.69, 9.17) is 9.47 Å². The van der Waals surface area contributed by atoms with Crippen LogP contribution in [0.1, 0.15) is 45.4 Å². The van der Waals surface area contributed by atoms with Crippen molar-refractivity contribution < 1.29 is 14.3 Å². The third kappa shape index (κ3) is 3.27. The summed E-state index contributed by atoms with van der Waals surface area (Å²) in [6, 6.07) is 7.64. The number of nitrogens with one attached hydrogen (secondary N) is 1. The maximum absolute atomic E-state index is 12.4. The van der Waals surface area contributed by atoms with Gasteiger partial charge in [0.1, 0.15) is 11.4 Å². The van der Waals surface area contributed by atoms with Gasteiger partial charge >= 0.3 is 0 Å². The van der Waals surface area contributed by atoms with E-state index in [0.29, 0.717) is 12.0 Å². The summed E-state index contributed by atoms with van der Waals surface area (Å²) in [5.74, 6) is 1.14. The zero-order valence-corrected chi connectivity index (χ0v) is 13.4. The Labute approximate surface area is 132 Å². The molecule has 0 aliphatic heterocycles. The molecule has 22 heavy (non-hydrogen) atoms. The van der Waals surface area contributed by atoms with Gasteiger partial charge in [0, 0.05) is 12.8 Å². The highest BCUT2D eigenvalue weighted by Gasteiger charge is 2.47. The quantitative estimate of drug-likeness (QED) is 0.870. The normalized spacial score (nSPS) is 21.4. The van der Waals surface area contributed by atoms with Crippen molar-refractivity contribution in [3.63, 3.8) is 0 Å². The Kier molecular flexibility index (Phi) is 4.39. The average molecular weight is 303 g/mol. The zero-order chi connectivity index (χ0) is 15.6. The molecular weight excluding hydrogens is 278 g/mol. The van der Waals surface area contributed by atoms with E-state index in [1.807, 2.05) is 31.2 Å². The van der Waals surface area contributed by atoms with Crippen LogP contribution in [-0.4, -0.2) is 24.7 Å². The first-order valence-electron chi connectivity index (χ1n) is 8.25. The SMILES string of the molecule is COC(C)(C(=O)Nc1ccc(OC2CCCC2)cc1)C1CC1. The van der Waals surface area contributed by atoms with Gasteiger partial charge in [-0.3, -0.25) is 4.79 Å². The molecule has 120 valence electrons. The Morgan fingerprint density at radius 3 is 2.32 bits per heavy atom. The number of hydrogen-bond donors (Lipinski definition) is 1. The molecule has 2 fully saturated rings. The third-order valence-electron chi connectivity index (χ3n) is 4.95. The lowest BCUT2D eigenvalue weighted by Gasteiger charge is -2.26. The molecule has 1 aromatic carbocycles. The fourth-order valence-electron chi connectivity index (χ4n) is 3.15. The van der Waals surface area contributed by atoms with Crippen molar-refractivity contribution in [2.75, 3.05) is 12.4 Å². The van der Waals surface area contributed by atoms with Crippen molar-refractivity contribution in [3.8, 4) is 5.75 Å². The van der Waals surface area contributed by atoms with Crippen LogP contribution in [0.4, 0.5) is 5.69 Å². The molecule has 0 heterocycles. The average Bonchev–Trinajstić information content (AvgIpc) is 3.27. The first-order valence-corrected chi connectivity index (χ1v) is 8.25. The number of hydrogen-bond acceptors (Lipinski definition) is 3. The lowest BCUT2D eigenvalue weighted by Crippen LogP contribution is -2.44. The van der Waals surface area contributed by atoms with E-state index in [-0.39, 0.29) is 5.91 Å². The molecule has 4 heteroatoms. The summed E-state index contributed by atoms with van der Waals surface area (Å²) in [5, 5.41) is 2.96. The van der Waals surface area contributed by atoms with E-state index >= 15 is 0 Å². The van der Waals surface area contributed by atoms with Gasteiger partial charge in [-0.15, -0.1) is 0 Å². The van der Waals surface area contributed by atoms with Crippen LogP contribution in [0.3, 0.4) is 0 Å². The lowest BCUT2D eigenvalue weighted by molar-refractivity contribution is -0.138. The van der Waals surface area contributed by atoms with Gasteiger partial charge in [-0.05, 0) is 75.6 Å². The number of carbonyl (C=O) groups excluding carboxylic acids is 1. The monoisotopic (exact) mass is 303 g/mol. The standard InChI is InChI=1S/C18H25NO3/c1-18(21-2,13-7-8-13)17(20)19-14-9-11-16(12-10-14)22-15-5-3-4-6-15/h9-13,15H,3-8H2,1-2H3,(H,19,20). The fourth-order valence-corrected chi connectivity index (χ4v) is 3.15. The second-order valence-corrected chi connectivity index (χ2v) is 6.59. The molecule has 3 rings (SSSR count). The van der Waals surface area contributed by atoms with Gasteiger partial charge in [0.05, 0.1) is 6.10 Å². The predicted molar refractivity (Wildman–Crippen MR) is 86.1 cm³/mol. The number of ether oxygens (including phenoxy) is 2. The molecule has 0 saturated heterocycles. The summed E-state index contributed by atoms with van der Waals surface area (Å²) in [4.78, 5) is 12.4. The second kappa shape index (κ2) is 6.29. The van der Waals surface area contributed by atoms with Crippen LogP contribution in [0.5, 0.6) is 5.75 Å². The molecule has 0 bridgehead atoms. The molecule has 1 aromatic rings. The minimum Gasteiger partial charge on any atom is -0.490 e. The summed E-state index contributed by atoms with van der Waals surface area (Å²) < 4.78 is 11.4. The number of benzene rings is 1. The second-order valence-electron chi connectivity index (χ2n) is 6.59. The molecule has 1 amide bonds. The van der Waals surface area contributed by atoms with Crippen LogP contribution < -0.4 is 10.1 Å². The predicted octanol–water partition coefficient (Wildman–Crippen LogP) is 3.76. The van der Waals surface area contributed by atoms with Crippen LogP contribution in [-0.2, 0) is 9.53 Å². The number of carbonyl (C=O) groups is 1. The first kappa shape index (κ1) is 15.3. The fraction of sp³-hybridized carbons (Fsp3) is 0.611. The minimum absolute atomic E-state index is 0.0676. The molecule has 0 radical (unpaired) electrons. The third-order valence-corrected chi connectivity index (χ3v) is 4.95. The van der Waals surface area contributed by atoms with Crippen molar-refractivity contribution in [1.82, 2.24) is 0 Å². The summed E-state index contributed by atoms with van der Waals surface area (Å²) in [7, 11) is 1.61. The Bertz CT molecular complexity index is 518. The molecule has 2 saturated carbocycles. The molecular formula is C18H25NO3. The van der Waals surface area contributed by atoms with E-state index in [1.54, 1.807) is 7.11 Å². The highest BCUT2D eigenvalue weighted by molar-refractivity contribution is 5.97. The minimum atomic E-state index is -0.723. The molecule has 4 nitrogen and oxygen atoms in total. The van der Waals surface area contributed by atoms with Gasteiger partial charge in [0.2, 0.25) is 0 Å². The van der Waals surface area contributed by atoms with Crippen molar-refractivity contribution in [1.29, 1.82) is 0 Å².